The number of hydrogen-bond donors (Lipinski definition) is 0. The molecule has 3 heteroatoms. The Bertz CT molecular complexity index is 816. The predicted molar refractivity (Wildman–Crippen MR) is 106 cm³/mol. The molecule has 0 N–H and O–H groups in total. The molecule has 0 aromatic heterocycles. The summed E-state index contributed by atoms with van der Waals surface area (Å²) in [5.41, 5.74) is 1.12. The molecule has 3 aromatic carbocycles. The Morgan fingerprint density at radius 2 is 0.917 bits per heavy atom. The van der Waals surface area contributed by atoms with E-state index in [0.717, 1.165) is 3.57 Å². The largest absolute Gasteiger partial charge is 0.288 e. The van der Waals surface area contributed by atoms with E-state index in [1.54, 1.807) is 24.3 Å². The molecule has 0 saturated heterocycles. The molecule has 0 fully saturated rings. The lowest BCUT2D eigenvalue weighted by Gasteiger charge is -2.06. The summed E-state index contributed by atoms with van der Waals surface area (Å²) in [7, 11) is 0. The minimum absolute atomic E-state index is 0.166. The summed E-state index contributed by atoms with van der Waals surface area (Å²) in [6.07, 6.45) is 0. The maximum Gasteiger partial charge on any atom is 0.202 e. The van der Waals surface area contributed by atoms with Crippen molar-refractivity contribution in [1.29, 1.82) is 0 Å². The summed E-state index contributed by atoms with van der Waals surface area (Å²) in [4.78, 5) is 25.9. The molecule has 24 heavy (non-hydrogen) atoms. The molecule has 118 valence electrons. The Labute approximate surface area is 150 Å². The van der Waals surface area contributed by atoms with Gasteiger partial charge in [0.25, 0.3) is 0 Å². The Balaban J connectivity index is 2.06. The Morgan fingerprint density at radius 1 is 0.542 bits per heavy atom. The molecule has 3 rings (SSSR count). The van der Waals surface area contributed by atoms with Gasteiger partial charge in [-0.3, -0.25) is 9.59 Å². The van der Waals surface area contributed by atoms with Gasteiger partial charge in [0.05, 0.1) is 0 Å². The Hall–Kier alpha value is -2.40. The van der Waals surface area contributed by atoms with Gasteiger partial charge in [0.1, 0.15) is 3.51 Å². The molecule has 3 aromatic rings. The molecule has 0 aliphatic rings. The van der Waals surface area contributed by atoms with Crippen LogP contribution in [0, 0.1) is 3.57 Å². The third kappa shape index (κ3) is 3.92. The van der Waals surface area contributed by atoms with Crippen LogP contribution in [0.3, 0.4) is 0 Å². The number of carbonyl (C=O) groups excluding carboxylic acids is 2. The van der Waals surface area contributed by atoms with E-state index in [-0.39, 0.29) is 11.6 Å². The molecule has 0 aliphatic heterocycles. The van der Waals surface area contributed by atoms with E-state index in [9.17, 15) is 9.59 Å². The minimum Gasteiger partial charge on any atom is -0.288 e. The van der Waals surface area contributed by atoms with E-state index in [2.05, 4.69) is 0 Å². The van der Waals surface area contributed by atoms with Crippen LogP contribution in [-0.4, -0.2) is 15.1 Å². The van der Waals surface area contributed by atoms with Gasteiger partial charge in [0.15, 0.2) is 0 Å². The molecule has 0 atom stereocenters. The highest BCUT2D eigenvalue weighted by molar-refractivity contribution is 14.2. The van der Waals surface area contributed by atoms with Crippen LogP contribution in [0.15, 0.2) is 91.0 Å². The molecule has 0 spiro atoms. The van der Waals surface area contributed by atoms with Gasteiger partial charge < -0.3 is 0 Å². The highest BCUT2D eigenvalue weighted by atomic mass is 127. The number of Topliss-reactive ketones (excluding diaryl/α,β-unsaturated/α-hetero) is 2. The molecule has 0 aliphatic carbocycles. The van der Waals surface area contributed by atoms with E-state index in [4.69, 9.17) is 0 Å². The van der Waals surface area contributed by atoms with Crippen molar-refractivity contribution < 1.29 is 9.59 Å². The number of halogens is 1. The lowest BCUT2D eigenvalue weighted by molar-refractivity contribution is 0.102. The zero-order valence-corrected chi connectivity index (χ0v) is 15.0. The first-order valence-electron chi connectivity index (χ1n) is 7.52. The normalized spacial score (nSPS) is 10.2. The topological polar surface area (TPSA) is 34.1 Å². The maximum atomic E-state index is 12.9. The molecule has 0 saturated carbocycles. The zero-order chi connectivity index (χ0) is 16.8. The minimum atomic E-state index is -0.854. The van der Waals surface area contributed by atoms with E-state index < -0.39 is 20.7 Å². The second kappa shape index (κ2) is 7.93. The monoisotopic (exact) mass is 426 g/mol. The molecule has 0 heterocycles. The second-order valence-corrected chi connectivity index (χ2v) is 7.96. The van der Waals surface area contributed by atoms with E-state index in [1.807, 2.05) is 66.7 Å². The standard InChI is InChI=1S/C21H15IO2/c23-20(16-10-4-1-5-11-16)19(22-18-14-8-3-9-15-18)21(24)17-12-6-2-7-13-17/h1-15H. The third-order valence-corrected chi connectivity index (χ3v) is 6.27. The van der Waals surface area contributed by atoms with Crippen LogP contribution >= 0.6 is 20.7 Å². The maximum absolute atomic E-state index is 12.9. The van der Waals surface area contributed by atoms with Gasteiger partial charge in [0.2, 0.25) is 11.6 Å². The van der Waals surface area contributed by atoms with Gasteiger partial charge in [-0.1, -0.05) is 99.6 Å². The first-order valence-corrected chi connectivity index (χ1v) is 9.68. The van der Waals surface area contributed by atoms with Crippen LogP contribution in [0.5, 0.6) is 0 Å². The Kier molecular flexibility index (Phi) is 5.43. The third-order valence-electron chi connectivity index (χ3n) is 3.41. The van der Waals surface area contributed by atoms with Crippen molar-refractivity contribution in [1.82, 2.24) is 0 Å². The number of ketones is 2. The summed E-state index contributed by atoms with van der Waals surface area (Å²) in [6.45, 7) is 0. The average Bonchev–Trinajstić information content (AvgIpc) is 2.67. The molecule has 0 radical (unpaired) electrons. The van der Waals surface area contributed by atoms with Gasteiger partial charge in [0, 0.05) is 14.7 Å². The van der Waals surface area contributed by atoms with Crippen molar-refractivity contribution in [2.24, 2.45) is 0 Å². The first kappa shape index (κ1) is 16.5. The van der Waals surface area contributed by atoms with Gasteiger partial charge in [-0.15, -0.1) is 0 Å². The average molecular weight is 426 g/mol. The van der Waals surface area contributed by atoms with Crippen molar-refractivity contribution in [2.45, 2.75) is 0 Å². The summed E-state index contributed by atoms with van der Waals surface area (Å²) < 4.78 is 1.46. The summed E-state index contributed by atoms with van der Waals surface area (Å²) in [6, 6.07) is 27.8. The fourth-order valence-corrected chi connectivity index (χ4v) is 4.72. The molecule has 0 unspecified atom stereocenters. The summed E-state index contributed by atoms with van der Waals surface area (Å²) >= 11 is -0.854. The van der Waals surface area contributed by atoms with Crippen LogP contribution in [0.1, 0.15) is 20.7 Å². The molecule has 2 nitrogen and oxygen atoms in total. The van der Waals surface area contributed by atoms with Gasteiger partial charge in [-0.2, -0.15) is 0 Å². The second-order valence-electron chi connectivity index (χ2n) is 5.09. The van der Waals surface area contributed by atoms with Crippen LogP contribution in [0.2, 0.25) is 0 Å². The lowest BCUT2D eigenvalue weighted by atomic mass is 10.0. The van der Waals surface area contributed by atoms with E-state index in [1.165, 1.54) is 0 Å². The SMILES string of the molecule is O=C(C(=Ic1ccccc1)C(=O)c1ccccc1)c1ccccc1. The zero-order valence-electron chi connectivity index (χ0n) is 12.9. The molecule has 0 bridgehead atoms. The quantitative estimate of drug-likeness (QED) is 0.335. The highest BCUT2D eigenvalue weighted by Gasteiger charge is 2.21. The molecule has 0 amide bonds. The lowest BCUT2D eigenvalue weighted by Crippen LogP contribution is -2.22. The van der Waals surface area contributed by atoms with Crippen LogP contribution in [-0.2, 0) is 0 Å². The Morgan fingerprint density at radius 3 is 1.33 bits per heavy atom. The van der Waals surface area contributed by atoms with E-state index in [0.29, 0.717) is 14.6 Å². The van der Waals surface area contributed by atoms with Crippen molar-refractivity contribution >= 4 is 35.8 Å². The smallest absolute Gasteiger partial charge is 0.202 e. The molecular formula is C21H15IO2. The number of rotatable bonds is 5. The summed E-state index contributed by atoms with van der Waals surface area (Å²) in [5, 5.41) is 0. The fraction of sp³-hybridized carbons (Fsp3) is 0. The van der Waals surface area contributed by atoms with E-state index >= 15 is 0 Å². The van der Waals surface area contributed by atoms with Gasteiger partial charge in [-0.05, 0) is 12.1 Å². The van der Waals surface area contributed by atoms with Crippen LogP contribution < -0.4 is 0 Å². The van der Waals surface area contributed by atoms with Crippen molar-refractivity contribution in [3.63, 3.8) is 0 Å². The number of hydrogen-bond acceptors (Lipinski definition) is 2. The van der Waals surface area contributed by atoms with Crippen molar-refractivity contribution in [3.8, 4) is 0 Å². The first-order chi connectivity index (χ1) is 11.8. The number of carbonyl (C=O) groups is 2. The predicted octanol–water partition coefficient (Wildman–Crippen LogP) is 4.77. The number of benzene rings is 3. The molecular weight excluding hydrogens is 411 g/mol. The van der Waals surface area contributed by atoms with Crippen LogP contribution in [0.25, 0.3) is 0 Å². The van der Waals surface area contributed by atoms with Gasteiger partial charge >= 0.3 is 0 Å². The van der Waals surface area contributed by atoms with Crippen molar-refractivity contribution in [2.75, 3.05) is 0 Å². The highest BCUT2D eigenvalue weighted by Crippen LogP contribution is 2.19. The van der Waals surface area contributed by atoms with Crippen molar-refractivity contribution in [3.05, 3.63) is 106 Å². The van der Waals surface area contributed by atoms with Gasteiger partial charge in [-0.25, -0.2) is 0 Å². The summed E-state index contributed by atoms with van der Waals surface area (Å²) in [5.74, 6) is -0.331. The van der Waals surface area contributed by atoms with Crippen LogP contribution in [0.4, 0.5) is 0 Å². The fourth-order valence-electron chi connectivity index (χ4n) is 2.21.